The van der Waals surface area contributed by atoms with E-state index in [1.807, 2.05) is 0 Å². The van der Waals surface area contributed by atoms with Gasteiger partial charge in [0.05, 0.1) is 19.3 Å². The molecule has 1 aliphatic carbocycles. The molecule has 13 nitrogen and oxygen atoms in total. The molecule has 2 heterocycles. The Hall–Kier alpha value is -3.61. The van der Waals surface area contributed by atoms with Gasteiger partial charge in [0.1, 0.15) is 23.9 Å². The lowest BCUT2D eigenvalue weighted by molar-refractivity contribution is -0.139. The number of aliphatic hydroxyl groups excluding tert-OH is 1. The van der Waals surface area contributed by atoms with Crippen LogP contribution in [0, 0.1) is 5.92 Å². The van der Waals surface area contributed by atoms with Gasteiger partial charge < -0.3 is 31.7 Å². The van der Waals surface area contributed by atoms with Crippen molar-refractivity contribution >= 4 is 29.5 Å². The number of primary amides is 1. The highest BCUT2D eigenvalue weighted by Gasteiger charge is 2.36. The van der Waals surface area contributed by atoms with Crippen molar-refractivity contribution in [1.29, 1.82) is 0 Å². The number of amides is 5. The number of rotatable bonds is 10. The van der Waals surface area contributed by atoms with E-state index in [9.17, 15) is 29.1 Å². The third-order valence-electron chi connectivity index (χ3n) is 6.57. The Morgan fingerprint density at radius 3 is 2.47 bits per heavy atom. The molecule has 3 rings (SSSR count). The van der Waals surface area contributed by atoms with Gasteiger partial charge in [-0.3, -0.25) is 29.0 Å². The van der Waals surface area contributed by atoms with E-state index in [-0.39, 0.29) is 24.7 Å². The van der Waals surface area contributed by atoms with Crippen LogP contribution in [0.1, 0.15) is 55.4 Å². The Morgan fingerprint density at radius 1 is 1.06 bits per heavy atom. The number of carbonyl (C=O) groups excluding carboxylic acids is 5. The van der Waals surface area contributed by atoms with Crippen LogP contribution in [0.2, 0.25) is 0 Å². The summed E-state index contributed by atoms with van der Waals surface area (Å²) < 4.78 is 0. The van der Waals surface area contributed by atoms with Crippen molar-refractivity contribution in [3.8, 4) is 0 Å². The first-order chi connectivity index (χ1) is 17.3. The molecule has 0 aromatic carbocycles. The lowest BCUT2D eigenvalue weighted by Gasteiger charge is -2.30. The van der Waals surface area contributed by atoms with Crippen LogP contribution in [0.5, 0.6) is 0 Å². The van der Waals surface area contributed by atoms with Crippen molar-refractivity contribution in [3.05, 3.63) is 24.3 Å². The molecule has 3 atom stereocenters. The molecule has 1 aromatic heterocycles. The van der Waals surface area contributed by atoms with Crippen LogP contribution in [0.25, 0.3) is 0 Å². The summed E-state index contributed by atoms with van der Waals surface area (Å²) in [6.07, 6.45) is 8.15. The average molecular weight is 504 g/mol. The second-order valence-corrected chi connectivity index (χ2v) is 9.07. The number of hydrogen-bond donors (Lipinski definition) is 5. The molecule has 5 amide bonds. The molecule has 2 aliphatic rings. The fourth-order valence-electron chi connectivity index (χ4n) is 4.62. The summed E-state index contributed by atoms with van der Waals surface area (Å²) >= 11 is 0. The summed E-state index contributed by atoms with van der Waals surface area (Å²) in [5, 5.41) is 17.3. The van der Waals surface area contributed by atoms with Gasteiger partial charge in [0.2, 0.25) is 23.6 Å². The maximum Gasteiger partial charge on any atom is 0.272 e. The number of hydrogen-bond acceptors (Lipinski definition) is 8. The Balaban J connectivity index is 1.58. The summed E-state index contributed by atoms with van der Waals surface area (Å²) in [7, 11) is 0. The smallest absolute Gasteiger partial charge is 0.272 e. The molecule has 1 saturated heterocycles. The number of nitrogens with zero attached hydrogens (tertiary/aromatic N) is 3. The summed E-state index contributed by atoms with van der Waals surface area (Å²) in [4.78, 5) is 71.3. The predicted molar refractivity (Wildman–Crippen MR) is 126 cm³/mol. The molecule has 0 bridgehead atoms. The largest absolute Gasteiger partial charge is 0.381 e. The van der Waals surface area contributed by atoms with Gasteiger partial charge in [-0.2, -0.15) is 0 Å². The average Bonchev–Trinajstić information content (AvgIpc) is 3.39. The molecule has 2 fully saturated rings. The molecular weight excluding hydrogens is 470 g/mol. The molecule has 1 unspecified atom stereocenters. The van der Waals surface area contributed by atoms with Crippen LogP contribution in [-0.2, 0) is 19.2 Å². The normalized spacial score (nSPS) is 19.7. The zero-order valence-corrected chi connectivity index (χ0v) is 20.0. The van der Waals surface area contributed by atoms with Crippen molar-refractivity contribution in [2.45, 2.75) is 63.1 Å². The number of nitrogens with two attached hydrogens (primary N) is 1. The molecule has 196 valence electrons. The van der Waals surface area contributed by atoms with E-state index < -0.39 is 47.7 Å². The minimum Gasteiger partial charge on any atom is -0.381 e. The van der Waals surface area contributed by atoms with Crippen LogP contribution in [0.3, 0.4) is 0 Å². The minimum absolute atomic E-state index is 0.0727. The Bertz CT molecular complexity index is 954. The van der Waals surface area contributed by atoms with E-state index in [1.165, 1.54) is 23.5 Å². The lowest BCUT2D eigenvalue weighted by atomic mass is 9.83. The van der Waals surface area contributed by atoms with Crippen molar-refractivity contribution in [3.63, 3.8) is 0 Å². The van der Waals surface area contributed by atoms with E-state index in [1.54, 1.807) is 0 Å². The van der Waals surface area contributed by atoms with Crippen molar-refractivity contribution in [1.82, 2.24) is 30.8 Å². The highest BCUT2D eigenvalue weighted by Crippen LogP contribution is 2.27. The summed E-state index contributed by atoms with van der Waals surface area (Å²) in [6.45, 7) is -0.352. The monoisotopic (exact) mass is 503 g/mol. The second kappa shape index (κ2) is 12.9. The Morgan fingerprint density at radius 2 is 1.81 bits per heavy atom. The molecular formula is C23H33N7O6. The molecule has 1 saturated carbocycles. The van der Waals surface area contributed by atoms with E-state index >= 15 is 0 Å². The number of aromatic nitrogens is 2. The van der Waals surface area contributed by atoms with Gasteiger partial charge in [-0.15, -0.1) is 0 Å². The maximum atomic E-state index is 13.1. The van der Waals surface area contributed by atoms with Gasteiger partial charge in [-0.05, 0) is 31.6 Å². The van der Waals surface area contributed by atoms with Crippen LogP contribution >= 0.6 is 0 Å². The third kappa shape index (κ3) is 7.20. The molecule has 6 N–H and O–H groups in total. The van der Waals surface area contributed by atoms with Crippen LogP contribution < -0.4 is 21.7 Å². The Kier molecular flexibility index (Phi) is 9.68. The van der Waals surface area contributed by atoms with Gasteiger partial charge in [-0.1, -0.05) is 19.3 Å². The topological polar surface area (TPSA) is 197 Å². The maximum absolute atomic E-state index is 13.1. The number of likely N-dealkylation sites (tertiary alicyclic amines) is 1. The molecule has 1 aromatic rings. The van der Waals surface area contributed by atoms with Gasteiger partial charge >= 0.3 is 0 Å². The van der Waals surface area contributed by atoms with Crippen LogP contribution in [-0.4, -0.2) is 87.3 Å². The highest BCUT2D eigenvalue weighted by atomic mass is 16.3. The number of aliphatic hydroxyl groups is 1. The van der Waals surface area contributed by atoms with Gasteiger partial charge in [0, 0.05) is 18.9 Å². The quantitative estimate of drug-likeness (QED) is 0.247. The van der Waals surface area contributed by atoms with Gasteiger partial charge in [0.15, 0.2) is 0 Å². The first-order valence-corrected chi connectivity index (χ1v) is 12.2. The lowest BCUT2D eigenvalue weighted by Crippen LogP contribution is -2.54. The fourth-order valence-corrected chi connectivity index (χ4v) is 4.62. The van der Waals surface area contributed by atoms with Crippen molar-refractivity contribution < 1.29 is 29.1 Å². The second-order valence-electron chi connectivity index (χ2n) is 9.07. The standard InChI is InChI=1S/C23H33N7O6/c24-20(33)17(31)12-27-22(35)16-7-4-10-30(16)18(32)13-28-23(36)19(14-5-2-1-3-6-14)29-21(34)15-11-25-8-9-26-15/h8-9,11,14,16-17,19,31H,1-7,10,12-13H2,(H2,24,33)(H,27,35)(H,28,36)(H,29,34)/t16-,17?,19-/m0/s1. The Labute approximate surface area is 208 Å². The van der Waals surface area contributed by atoms with E-state index in [0.29, 0.717) is 19.4 Å². The first kappa shape index (κ1) is 27.0. The molecule has 0 radical (unpaired) electrons. The summed E-state index contributed by atoms with van der Waals surface area (Å²) in [5.74, 6) is -2.98. The van der Waals surface area contributed by atoms with E-state index in [0.717, 1.165) is 32.1 Å². The van der Waals surface area contributed by atoms with Gasteiger partial charge in [-0.25, -0.2) is 4.98 Å². The number of carbonyl (C=O) groups is 5. The molecule has 0 spiro atoms. The number of nitrogens with one attached hydrogen (secondary N) is 3. The summed E-state index contributed by atoms with van der Waals surface area (Å²) in [5.41, 5.74) is 5.07. The SMILES string of the molecule is NC(=O)C(O)CNC(=O)[C@@H]1CCCN1C(=O)CNC(=O)[C@@H](NC(=O)c1cnccn1)C1CCCCC1. The molecule has 1 aliphatic heterocycles. The van der Waals surface area contributed by atoms with Crippen LogP contribution in [0.15, 0.2) is 18.6 Å². The van der Waals surface area contributed by atoms with Crippen molar-refractivity contribution in [2.75, 3.05) is 19.6 Å². The van der Waals surface area contributed by atoms with Crippen molar-refractivity contribution in [2.24, 2.45) is 11.7 Å². The third-order valence-corrected chi connectivity index (χ3v) is 6.57. The van der Waals surface area contributed by atoms with Crippen LogP contribution in [0.4, 0.5) is 0 Å². The molecule has 13 heteroatoms. The van der Waals surface area contributed by atoms with E-state index in [2.05, 4.69) is 25.9 Å². The first-order valence-electron chi connectivity index (χ1n) is 12.2. The van der Waals surface area contributed by atoms with E-state index in [4.69, 9.17) is 5.73 Å². The zero-order valence-electron chi connectivity index (χ0n) is 20.0. The molecule has 36 heavy (non-hydrogen) atoms. The predicted octanol–water partition coefficient (Wildman–Crippen LogP) is -1.78. The highest BCUT2D eigenvalue weighted by molar-refractivity contribution is 5.97. The zero-order chi connectivity index (χ0) is 26.1. The van der Waals surface area contributed by atoms with Gasteiger partial charge in [0.25, 0.3) is 5.91 Å². The fraction of sp³-hybridized carbons (Fsp3) is 0.609. The minimum atomic E-state index is -1.52. The summed E-state index contributed by atoms with van der Waals surface area (Å²) in [6, 6.07) is -1.61.